The zero-order valence-electron chi connectivity index (χ0n) is 10.9. The molecule has 4 heteroatoms. The van der Waals surface area contributed by atoms with Crippen molar-refractivity contribution in [3.05, 3.63) is 0 Å². The Morgan fingerprint density at radius 1 is 1.00 bits per heavy atom. The number of carbonyl (C=O) groups excluding carboxylic acids is 2. The second-order valence-electron chi connectivity index (χ2n) is 4.78. The standard InChI is InChI=1S/C13H22O4/c1-9(10-7-5-4-6-8-10)11(12(14)16-2)13(15)17-3/h9-11H,4-8H2,1-3H3. The normalized spacial score (nSPS) is 18.8. The van der Waals surface area contributed by atoms with Gasteiger partial charge in [0.25, 0.3) is 0 Å². The van der Waals surface area contributed by atoms with Gasteiger partial charge >= 0.3 is 11.9 Å². The summed E-state index contributed by atoms with van der Waals surface area (Å²) >= 11 is 0. The molecule has 4 nitrogen and oxygen atoms in total. The molecule has 0 radical (unpaired) electrons. The Labute approximate surface area is 103 Å². The maximum Gasteiger partial charge on any atom is 0.320 e. The van der Waals surface area contributed by atoms with Crippen molar-refractivity contribution in [2.45, 2.75) is 39.0 Å². The Morgan fingerprint density at radius 2 is 1.47 bits per heavy atom. The van der Waals surface area contributed by atoms with Gasteiger partial charge in [0.05, 0.1) is 14.2 Å². The third-order valence-corrected chi connectivity index (χ3v) is 3.83. The minimum atomic E-state index is -0.770. The number of methoxy groups -OCH3 is 2. The van der Waals surface area contributed by atoms with Crippen LogP contribution in [0, 0.1) is 17.8 Å². The lowest BCUT2D eigenvalue weighted by atomic mass is 9.75. The summed E-state index contributed by atoms with van der Waals surface area (Å²) in [6.45, 7) is 1.95. The van der Waals surface area contributed by atoms with Gasteiger partial charge in [0.1, 0.15) is 0 Å². The molecule has 0 aromatic rings. The van der Waals surface area contributed by atoms with E-state index in [1.54, 1.807) is 0 Å². The van der Waals surface area contributed by atoms with Gasteiger partial charge in [-0.15, -0.1) is 0 Å². The fourth-order valence-corrected chi connectivity index (χ4v) is 2.71. The summed E-state index contributed by atoms with van der Waals surface area (Å²) in [5.74, 6) is -1.31. The Hall–Kier alpha value is -1.06. The van der Waals surface area contributed by atoms with Crippen LogP contribution in [0.2, 0.25) is 0 Å². The third kappa shape index (κ3) is 3.45. The summed E-state index contributed by atoms with van der Waals surface area (Å²) in [4.78, 5) is 23.3. The van der Waals surface area contributed by atoms with Crippen LogP contribution in [0.5, 0.6) is 0 Å². The summed E-state index contributed by atoms with van der Waals surface area (Å²) in [6.07, 6.45) is 5.80. The van der Waals surface area contributed by atoms with Crippen molar-refractivity contribution >= 4 is 11.9 Å². The lowest BCUT2D eigenvalue weighted by Gasteiger charge is -2.30. The molecule has 1 unspecified atom stereocenters. The number of carbonyl (C=O) groups is 2. The van der Waals surface area contributed by atoms with E-state index in [0.717, 1.165) is 12.8 Å². The van der Waals surface area contributed by atoms with E-state index in [2.05, 4.69) is 0 Å². The van der Waals surface area contributed by atoms with E-state index >= 15 is 0 Å². The molecule has 1 aliphatic carbocycles. The summed E-state index contributed by atoms with van der Waals surface area (Å²) < 4.78 is 9.42. The van der Waals surface area contributed by atoms with Crippen molar-refractivity contribution in [1.82, 2.24) is 0 Å². The predicted octanol–water partition coefficient (Wildman–Crippen LogP) is 2.17. The van der Waals surface area contributed by atoms with E-state index < -0.39 is 17.9 Å². The van der Waals surface area contributed by atoms with Crippen LogP contribution in [0.25, 0.3) is 0 Å². The number of hydrogen-bond acceptors (Lipinski definition) is 4. The number of rotatable bonds is 4. The van der Waals surface area contributed by atoms with E-state index in [1.807, 2.05) is 6.92 Å². The van der Waals surface area contributed by atoms with E-state index in [4.69, 9.17) is 9.47 Å². The minimum absolute atomic E-state index is 0.00444. The maximum absolute atomic E-state index is 11.7. The van der Waals surface area contributed by atoms with Crippen molar-refractivity contribution in [1.29, 1.82) is 0 Å². The molecule has 0 amide bonds. The van der Waals surface area contributed by atoms with Gasteiger partial charge in [-0.05, 0) is 11.8 Å². The first-order chi connectivity index (χ1) is 8.11. The smallest absolute Gasteiger partial charge is 0.320 e. The SMILES string of the molecule is COC(=O)C(C(=O)OC)C(C)C1CCCCC1. The van der Waals surface area contributed by atoms with Crippen LogP contribution in [0.15, 0.2) is 0 Å². The fraction of sp³-hybridized carbons (Fsp3) is 0.846. The van der Waals surface area contributed by atoms with Crippen LogP contribution in [-0.2, 0) is 19.1 Å². The minimum Gasteiger partial charge on any atom is -0.468 e. The molecule has 0 aliphatic heterocycles. The molecule has 0 N–H and O–H groups in total. The van der Waals surface area contributed by atoms with Crippen molar-refractivity contribution in [3.63, 3.8) is 0 Å². The first-order valence-corrected chi connectivity index (χ1v) is 6.27. The molecule has 1 fully saturated rings. The Balaban J connectivity index is 2.73. The number of esters is 2. The van der Waals surface area contributed by atoms with E-state index in [1.165, 1.54) is 33.5 Å². The van der Waals surface area contributed by atoms with E-state index in [9.17, 15) is 9.59 Å². The zero-order chi connectivity index (χ0) is 12.8. The maximum atomic E-state index is 11.7. The molecule has 17 heavy (non-hydrogen) atoms. The van der Waals surface area contributed by atoms with Crippen molar-refractivity contribution in [3.8, 4) is 0 Å². The molecule has 0 aromatic heterocycles. The lowest BCUT2D eigenvalue weighted by molar-refractivity contribution is -0.162. The van der Waals surface area contributed by atoms with Gasteiger partial charge in [-0.3, -0.25) is 9.59 Å². The molecule has 98 valence electrons. The Kier molecular flexibility index (Phi) is 5.45. The molecule has 1 atom stereocenters. The largest absolute Gasteiger partial charge is 0.468 e. The molecule has 1 aliphatic rings. The fourth-order valence-electron chi connectivity index (χ4n) is 2.71. The van der Waals surface area contributed by atoms with Crippen LogP contribution in [0.3, 0.4) is 0 Å². The molecule has 1 saturated carbocycles. The van der Waals surface area contributed by atoms with E-state index in [-0.39, 0.29) is 5.92 Å². The summed E-state index contributed by atoms with van der Waals surface area (Å²) in [5.41, 5.74) is 0. The van der Waals surface area contributed by atoms with Crippen molar-refractivity contribution in [2.24, 2.45) is 17.8 Å². The van der Waals surface area contributed by atoms with E-state index in [0.29, 0.717) is 5.92 Å². The van der Waals surface area contributed by atoms with Crippen LogP contribution < -0.4 is 0 Å². The first-order valence-electron chi connectivity index (χ1n) is 6.27. The summed E-state index contributed by atoms with van der Waals surface area (Å²) in [6, 6.07) is 0. The third-order valence-electron chi connectivity index (χ3n) is 3.83. The molecule has 0 bridgehead atoms. The van der Waals surface area contributed by atoms with Crippen molar-refractivity contribution < 1.29 is 19.1 Å². The quantitative estimate of drug-likeness (QED) is 0.560. The Bertz CT molecular complexity index is 253. The van der Waals surface area contributed by atoms with Gasteiger partial charge < -0.3 is 9.47 Å². The lowest BCUT2D eigenvalue weighted by Crippen LogP contribution is -2.36. The van der Waals surface area contributed by atoms with Crippen LogP contribution in [0.4, 0.5) is 0 Å². The van der Waals surface area contributed by atoms with Gasteiger partial charge in [0.2, 0.25) is 0 Å². The highest BCUT2D eigenvalue weighted by Crippen LogP contribution is 2.34. The van der Waals surface area contributed by atoms with Crippen LogP contribution in [-0.4, -0.2) is 26.2 Å². The predicted molar refractivity (Wildman–Crippen MR) is 63.3 cm³/mol. The molecular formula is C13H22O4. The first kappa shape index (κ1) is 14.0. The average molecular weight is 242 g/mol. The van der Waals surface area contributed by atoms with Gasteiger partial charge in [-0.1, -0.05) is 39.0 Å². The molecule has 1 rings (SSSR count). The molecule has 0 saturated heterocycles. The van der Waals surface area contributed by atoms with Crippen LogP contribution in [0.1, 0.15) is 39.0 Å². The highest BCUT2D eigenvalue weighted by Gasteiger charge is 2.38. The molecule has 0 spiro atoms. The van der Waals surface area contributed by atoms with Crippen LogP contribution >= 0.6 is 0 Å². The number of ether oxygens (including phenoxy) is 2. The average Bonchev–Trinajstić information content (AvgIpc) is 2.39. The van der Waals surface area contributed by atoms with Gasteiger partial charge in [0, 0.05) is 0 Å². The summed E-state index contributed by atoms with van der Waals surface area (Å²) in [5, 5.41) is 0. The second-order valence-corrected chi connectivity index (χ2v) is 4.78. The Morgan fingerprint density at radius 3 is 1.88 bits per heavy atom. The highest BCUT2D eigenvalue weighted by molar-refractivity contribution is 5.95. The van der Waals surface area contributed by atoms with Gasteiger partial charge in [-0.25, -0.2) is 0 Å². The highest BCUT2D eigenvalue weighted by atomic mass is 16.5. The van der Waals surface area contributed by atoms with Crippen molar-refractivity contribution in [2.75, 3.05) is 14.2 Å². The monoisotopic (exact) mass is 242 g/mol. The topological polar surface area (TPSA) is 52.6 Å². The summed E-state index contributed by atoms with van der Waals surface area (Å²) in [7, 11) is 2.62. The number of hydrogen-bond donors (Lipinski definition) is 0. The van der Waals surface area contributed by atoms with Gasteiger partial charge in [0.15, 0.2) is 5.92 Å². The molecular weight excluding hydrogens is 220 g/mol. The molecule has 0 heterocycles. The second kappa shape index (κ2) is 6.62. The zero-order valence-corrected chi connectivity index (χ0v) is 10.9. The van der Waals surface area contributed by atoms with Gasteiger partial charge in [-0.2, -0.15) is 0 Å². The molecule has 0 aromatic carbocycles.